The lowest BCUT2D eigenvalue weighted by molar-refractivity contribution is 0.0806. The van der Waals surface area contributed by atoms with Gasteiger partial charge in [0.15, 0.2) is 0 Å². The van der Waals surface area contributed by atoms with Crippen LogP contribution in [0.5, 0.6) is 5.88 Å². The summed E-state index contributed by atoms with van der Waals surface area (Å²) in [5.41, 5.74) is 3.67. The number of aliphatic hydroxyl groups is 1. The van der Waals surface area contributed by atoms with Gasteiger partial charge in [-0.3, -0.25) is 0 Å². The van der Waals surface area contributed by atoms with Crippen molar-refractivity contribution in [2.45, 2.75) is 34.1 Å². The molecule has 5 heteroatoms. The number of aromatic nitrogens is 2. The van der Waals surface area contributed by atoms with Crippen LogP contribution in [0.2, 0.25) is 0 Å². The molecule has 5 nitrogen and oxygen atoms in total. The highest BCUT2D eigenvalue weighted by Gasteiger charge is 2.25. The molecule has 3 rings (SSSR count). The summed E-state index contributed by atoms with van der Waals surface area (Å²) in [6.45, 7) is 8.84. The van der Waals surface area contributed by atoms with E-state index in [2.05, 4.69) is 61.9 Å². The average molecular weight is 354 g/mol. The van der Waals surface area contributed by atoms with Crippen LogP contribution in [0.1, 0.15) is 33.3 Å². The summed E-state index contributed by atoms with van der Waals surface area (Å²) in [7, 11) is 0. The molecule has 0 amide bonds. The highest BCUT2D eigenvalue weighted by molar-refractivity contribution is 5.95. The summed E-state index contributed by atoms with van der Waals surface area (Å²) < 4.78 is 11.6. The molecule has 0 bridgehead atoms. The van der Waals surface area contributed by atoms with E-state index in [1.165, 1.54) is 11.9 Å². The van der Waals surface area contributed by atoms with Crippen LogP contribution in [0.4, 0.5) is 0 Å². The normalized spacial score (nSPS) is 13.1. The average Bonchev–Trinajstić information content (AvgIpc) is 3.06. The van der Waals surface area contributed by atoms with E-state index in [9.17, 15) is 5.11 Å². The molecule has 3 aromatic rings. The molecule has 1 atom stereocenters. The Kier molecular flexibility index (Phi) is 5.28. The number of hydrogen-bond acceptors (Lipinski definition) is 5. The van der Waals surface area contributed by atoms with Gasteiger partial charge in [0.2, 0.25) is 11.6 Å². The predicted molar refractivity (Wildman–Crippen MR) is 102 cm³/mol. The van der Waals surface area contributed by atoms with Crippen molar-refractivity contribution in [2.75, 3.05) is 13.2 Å². The van der Waals surface area contributed by atoms with Crippen molar-refractivity contribution in [3.05, 3.63) is 42.4 Å². The Bertz CT molecular complexity index is 863. The van der Waals surface area contributed by atoms with Crippen LogP contribution in [0.25, 0.3) is 22.2 Å². The van der Waals surface area contributed by atoms with Crippen LogP contribution < -0.4 is 4.74 Å². The first kappa shape index (κ1) is 18.4. The number of fused-ring (bicyclic) bond motifs is 1. The minimum Gasteiger partial charge on any atom is -0.477 e. The van der Waals surface area contributed by atoms with Crippen LogP contribution >= 0.6 is 0 Å². The van der Waals surface area contributed by atoms with Gasteiger partial charge in [0.05, 0.1) is 6.61 Å². The minimum absolute atomic E-state index is 0.00621. The van der Waals surface area contributed by atoms with Crippen molar-refractivity contribution < 1.29 is 14.3 Å². The van der Waals surface area contributed by atoms with Gasteiger partial charge in [0, 0.05) is 18.1 Å². The summed E-state index contributed by atoms with van der Waals surface area (Å²) in [4.78, 5) is 8.52. The number of aliphatic hydroxyl groups excluding tert-OH is 1. The van der Waals surface area contributed by atoms with Crippen molar-refractivity contribution in [1.82, 2.24) is 9.97 Å². The van der Waals surface area contributed by atoms with E-state index >= 15 is 0 Å². The third kappa shape index (κ3) is 3.73. The Morgan fingerprint density at radius 1 is 1.15 bits per heavy atom. The van der Waals surface area contributed by atoms with Gasteiger partial charge in [-0.25, -0.2) is 9.97 Å². The highest BCUT2D eigenvalue weighted by Crippen LogP contribution is 2.35. The standard InChI is InChI=1S/C21H26N2O3/c1-5-14-6-8-15(9-7-14)17-12-26-20-18(17)19(22-13-23-20)25-11-16(10-24)21(2,3)4/h6-9,12-13,16,24H,5,10-11H2,1-4H3. The molecular formula is C21H26N2O3. The van der Waals surface area contributed by atoms with E-state index in [-0.39, 0.29) is 17.9 Å². The molecule has 0 saturated heterocycles. The van der Waals surface area contributed by atoms with Crippen LogP contribution in [0.15, 0.2) is 41.3 Å². The van der Waals surface area contributed by atoms with Crippen LogP contribution in [-0.2, 0) is 6.42 Å². The molecule has 2 aromatic heterocycles. The van der Waals surface area contributed by atoms with Gasteiger partial charge in [-0.05, 0) is 23.0 Å². The Morgan fingerprint density at radius 2 is 1.88 bits per heavy atom. The maximum atomic E-state index is 9.66. The summed E-state index contributed by atoms with van der Waals surface area (Å²) in [5.74, 6) is 0.493. The van der Waals surface area contributed by atoms with Gasteiger partial charge >= 0.3 is 0 Å². The number of hydrogen-bond donors (Lipinski definition) is 1. The third-order valence-corrected chi connectivity index (χ3v) is 4.88. The van der Waals surface area contributed by atoms with E-state index in [4.69, 9.17) is 9.15 Å². The van der Waals surface area contributed by atoms with E-state index in [1.807, 2.05) is 0 Å². The topological polar surface area (TPSA) is 68.4 Å². The predicted octanol–water partition coefficient (Wildman–Crippen LogP) is 4.49. The molecule has 0 fully saturated rings. The zero-order valence-electron chi connectivity index (χ0n) is 15.8. The minimum atomic E-state index is -0.0594. The zero-order chi connectivity index (χ0) is 18.7. The lowest BCUT2D eigenvalue weighted by Crippen LogP contribution is -2.29. The second-order valence-corrected chi connectivity index (χ2v) is 7.62. The molecular weight excluding hydrogens is 328 g/mol. The molecule has 1 aromatic carbocycles. The SMILES string of the molecule is CCc1ccc(-c2coc3ncnc(OCC(CO)C(C)(C)C)c23)cc1. The monoisotopic (exact) mass is 354 g/mol. The van der Waals surface area contributed by atoms with Crippen LogP contribution in [0.3, 0.4) is 0 Å². The first-order chi connectivity index (χ1) is 12.4. The Hall–Kier alpha value is -2.40. The Morgan fingerprint density at radius 3 is 2.50 bits per heavy atom. The smallest absolute Gasteiger partial charge is 0.233 e. The maximum Gasteiger partial charge on any atom is 0.233 e. The van der Waals surface area contributed by atoms with Gasteiger partial charge in [-0.15, -0.1) is 0 Å². The van der Waals surface area contributed by atoms with Gasteiger partial charge in [-0.1, -0.05) is 52.0 Å². The van der Waals surface area contributed by atoms with Crippen molar-refractivity contribution in [3.8, 4) is 17.0 Å². The lowest BCUT2D eigenvalue weighted by atomic mass is 9.82. The first-order valence-electron chi connectivity index (χ1n) is 8.99. The number of furan rings is 1. The number of aryl methyl sites for hydroxylation is 1. The molecule has 1 N–H and O–H groups in total. The molecule has 0 radical (unpaired) electrons. The number of rotatable bonds is 6. The van der Waals surface area contributed by atoms with E-state index in [0.717, 1.165) is 22.9 Å². The van der Waals surface area contributed by atoms with Crippen molar-refractivity contribution in [3.63, 3.8) is 0 Å². The van der Waals surface area contributed by atoms with Gasteiger partial charge in [0.25, 0.3) is 0 Å². The van der Waals surface area contributed by atoms with Crippen LogP contribution in [-0.4, -0.2) is 28.3 Å². The Labute approximate surface area is 154 Å². The zero-order valence-corrected chi connectivity index (χ0v) is 15.8. The van der Waals surface area contributed by atoms with Crippen molar-refractivity contribution in [2.24, 2.45) is 11.3 Å². The van der Waals surface area contributed by atoms with E-state index < -0.39 is 0 Å². The molecule has 2 heterocycles. The third-order valence-electron chi connectivity index (χ3n) is 4.88. The lowest BCUT2D eigenvalue weighted by Gasteiger charge is -2.28. The van der Waals surface area contributed by atoms with Gasteiger partial charge < -0.3 is 14.3 Å². The summed E-state index contributed by atoms with van der Waals surface area (Å²) in [6.07, 6.45) is 4.13. The molecule has 1 unspecified atom stereocenters. The number of ether oxygens (including phenoxy) is 1. The molecule has 26 heavy (non-hydrogen) atoms. The molecule has 0 aliphatic rings. The largest absolute Gasteiger partial charge is 0.477 e. The van der Waals surface area contributed by atoms with E-state index in [0.29, 0.717) is 18.2 Å². The summed E-state index contributed by atoms with van der Waals surface area (Å²) in [5, 5.41) is 10.4. The molecule has 0 aliphatic heterocycles. The molecule has 138 valence electrons. The molecule has 0 aliphatic carbocycles. The first-order valence-corrected chi connectivity index (χ1v) is 8.99. The van der Waals surface area contributed by atoms with Gasteiger partial charge in [0.1, 0.15) is 18.0 Å². The fraction of sp³-hybridized carbons (Fsp3) is 0.429. The highest BCUT2D eigenvalue weighted by atomic mass is 16.5. The second kappa shape index (κ2) is 7.46. The fourth-order valence-corrected chi connectivity index (χ4v) is 2.85. The molecule has 0 saturated carbocycles. The second-order valence-electron chi connectivity index (χ2n) is 7.62. The summed E-state index contributed by atoms with van der Waals surface area (Å²) >= 11 is 0. The van der Waals surface area contributed by atoms with Crippen molar-refractivity contribution >= 4 is 11.1 Å². The number of benzene rings is 1. The molecule has 0 spiro atoms. The number of nitrogens with zero attached hydrogens (tertiary/aromatic N) is 2. The van der Waals surface area contributed by atoms with Crippen molar-refractivity contribution in [1.29, 1.82) is 0 Å². The summed E-state index contributed by atoms with van der Waals surface area (Å²) in [6, 6.07) is 8.37. The van der Waals surface area contributed by atoms with E-state index in [1.54, 1.807) is 6.26 Å². The quantitative estimate of drug-likeness (QED) is 0.706. The van der Waals surface area contributed by atoms with Crippen LogP contribution in [0, 0.1) is 11.3 Å². The van der Waals surface area contributed by atoms with Gasteiger partial charge in [-0.2, -0.15) is 0 Å². The maximum absolute atomic E-state index is 9.66. The fourth-order valence-electron chi connectivity index (χ4n) is 2.85. The Balaban J connectivity index is 1.95.